The Morgan fingerprint density at radius 3 is 2.66 bits per heavy atom. The molecule has 2 N–H and O–H groups in total. The van der Waals surface area contributed by atoms with E-state index in [1.807, 2.05) is 0 Å². The highest BCUT2D eigenvalue weighted by Crippen LogP contribution is 2.26. The molecule has 0 saturated heterocycles. The van der Waals surface area contributed by atoms with Gasteiger partial charge < -0.3 is 14.7 Å². The lowest BCUT2D eigenvalue weighted by Crippen LogP contribution is -2.45. The zero-order chi connectivity index (χ0) is 21.6. The molecule has 154 valence electrons. The average molecular weight is 412 g/mol. The van der Waals surface area contributed by atoms with Gasteiger partial charge in [0.05, 0.1) is 18.3 Å². The number of hydrogen-bond donors (Lipinski definition) is 2. The fourth-order valence-electron chi connectivity index (χ4n) is 2.17. The fourth-order valence-corrected chi connectivity index (χ4v) is 2.17. The van der Waals surface area contributed by atoms with Crippen molar-refractivity contribution < 1.29 is 32.2 Å². The summed E-state index contributed by atoms with van der Waals surface area (Å²) < 4.78 is 56.7. The molecule has 29 heavy (non-hydrogen) atoms. The molecular formula is C18H16F4N4O3. The monoisotopic (exact) mass is 412 g/mol. The Labute approximate surface area is 163 Å². The van der Waals surface area contributed by atoms with E-state index < -0.39 is 30.7 Å². The molecule has 0 unspecified atom stereocenters. The van der Waals surface area contributed by atoms with Crippen LogP contribution >= 0.6 is 0 Å². The summed E-state index contributed by atoms with van der Waals surface area (Å²) in [7, 11) is 0. The quantitative estimate of drug-likeness (QED) is 0.706. The van der Waals surface area contributed by atoms with Crippen LogP contribution in [0.4, 0.5) is 28.2 Å². The van der Waals surface area contributed by atoms with Crippen molar-refractivity contribution in [3.05, 3.63) is 47.9 Å². The number of alkyl halides is 3. The van der Waals surface area contributed by atoms with Gasteiger partial charge in [-0.15, -0.1) is 0 Å². The molecule has 1 aromatic carbocycles. The molecule has 1 atom stereocenters. The third kappa shape index (κ3) is 5.79. The lowest BCUT2D eigenvalue weighted by Gasteiger charge is -2.25. The van der Waals surface area contributed by atoms with Gasteiger partial charge in [-0.05, 0) is 31.2 Å². The number of rotatable bonds is 6. The van der Waals surface area contributed by atoms with Crippen LogP contribution in [0.2, 0.25) is 0 Å². The predicted molar refractivity (Wildman–Crippen MR) is 93.8 cm³/mol. The molecule has 2 rings (SSSR count). The molecule has 2 amide bonds. The number of aliphatic hydroxyl groups excluding tert-OH is 1. The number of carbonyl (C=O) groups excluding carboxylic acids is 1. The minimum Gasteiger partial charge on any atom is -0.453 e. The molecule has 0 radical (unpaired) electrons. The van der Waals surface area contributed by atoms with Crippen molar-refractivity contribution in [1.29, 1.82) is 5.26 Å². The van der Waals surface area contributed by atoms with Gasteiger partial charge in [-0.2, -0.15) is 18.4 Å². The van der Waals surface area contributed by atoms with Crippen LogP contribution in [0.25, 0.3) is 0 Å². The summed E-state index contributed by atoms with van der Waals surface area (Å²) in [5, 5.41) is 20.2. The molecule has 0 spiro atoms. The van der Waals surface area contributed by atoms with E-state index in [9.17, 15) is 22.4 Å². The molecule has 0 bridgehead atoms. The number of pyridine rings is 1. The number of nitriles is 1. The summed E-state index contributed by atoms with van der Waals surface area (Å²) in [6, 6.07) is 7.48. The van der Waals surface area contributed by atoms with E-state index in [0.717, 1.165) is 11.1 Å². The molecule has 0 fully saturated rings. The van der Waals surface area contributed by atoms with Crippen LogP contribution in [0.5, 0.6) is 11.5 Å². The van der Waals surface area contributed by atoms with Gasteiger partial charge in [0.15, 0.2) is 17.7 Å². The second kappa shape index (κ2) is 9.20. The van der Waals surface area contributed by atoms with Gasteiger partial charge in [-0.1, -0.05) is 6.07 Å². The van der Waals surface area contributed by atoms with Crippen LogP contribution in [0, 0.1) is 17.1 Å². The first-order valence-electron chi connectivity index (χ1n) is 8.29. The third-order valence-corrected chi connectivity index (χ3v) is 3.72. The van der Waals surface area contributed by atoms with Crippen molar-refractivity contribution in [2.24, 2.45) is 0 Å². The second-order valence-corrected chi connectivity index (χ2v) is 5.74. The summed E-state index contributed by atoms with van der Waals surface area (Å²) in [5.41, 5.74) is -0.194. The number of carbonyl (C=O) groups is 1. The van der Waals surface area contributed by atoms with Crippen molar-refractivity contribution in [3.8, 4) is 17.6 Å². The molecule has 0 aliphatic heterocycles. The van der Waals surface area contributed by atoms with E-state index in [1.165, 1.54) is 37.3 Å². The van der Waals surface area contributed by atoms with Crippen LogP contribution < -0.4 is 10.1 Å². The number of urea groups is 1. The van der Waals surface area contributed by atoms with E-state index in [1.54, 1.807) is 6.07 Å². The van der Waals surface area contributed by atoms with E-state index in [0.29, 0.717) is 0 Å². The molecular weight excluding hydrogens is 396 g/mol. The Bertz CT molecular complexity index is 897. The van der Waals surface area contributed by atoms with E-state index >= 15 is 0 Å². The normalized spacial score (nSPS) is 12.0. The van der Waals surface area contributed by atoms with Gasteiger partial charge in [-0.25, -0.2) is 14.2 Å². The Hall–Kier alpha value is -3.39. The standard InChI is InChI=1S/C18H16F4N4O3/c1-2-26(10-14(27)18(20,21)22)17(28)25-15-7-6-12(9-24-15)29-13-5-3-4-11(8-23)16(13)19/h3-7,9,14,27H,2,10H2,1H3,(H,24,25,28)/t14-/m1/s1. The number of nitrogens with one attached hydrogen (secondary N) is 1. The fraction of sp³-hybridized carbons (Fsp3) is 0.278. The summed E-state index contributed by atoms with van der Waals surface area (Å²) in [5.74, 6) is -0.916. The first-order chi connectivity index (χ1) is 13.7. The largest absolute Gasteiger partial charge is 0.453 e. The maximum atomic E-state index is 14.0. The van der Waals surface area contributed by atoms with Crippen molar-refractivity contribution >= 4 is 11.8 Å². The second-order valence-electron chi connectivity index (χ2n) is 5.74. The zero-order valence-electron chi connectivity index (χ0n) is 15.1. The topological polar surface area (TPSA) is 98.5 Å². The van der Waals surface area contributed by atoms with Crippen LogP contribution in [0.1, 0.15) is 12.5 Å². The molecule has 0 aliphatic rings. The van der Waals surface area contributed by atoms with Crippen molar-refractivity contribution in [3.63, 3.8) is 0 Å². The van der Waals surface area contributed by atoms with E-state index in [4.69, 9.17) is 15.1 Å². The van der Waals surface area contributed by atoms with Crippen molar-refractivity contribution in [2.45, 2.75) is 19.2 Å². The number of nitrogens with zero attached hydrogens (tertiary/aromatic N) is 3. The van der Waals surface area contributed by atoms with E-state index in [-0.39, 0.29) is 29.4 Å². The predicted octanol–water partition coefficient (Wildman–Crippen LogP) is 3.66. The van der Waals surface area contributed by atoms with Crippen molar-refractivity contribution in [2.75, 3.05) is 18.4 Å². The number of halogens is 4. The highest BCUT2D eigenvalue weighted by molar-refractivity contribution is 5.88. The molecule has 1 aromatic heterocycles. The number of amides is 2. The molecule has 2 aromatic rings. The highest BCUT2D eigenvalue weighted by atomic mass is 19.4. The maximum Gasteiger partial charge on any atom is 0.416 e. The Morgan fingerprint density at radius 2 is 2.10 bits per heavy atom. The molecule has 7 nitrogen and oxygen atoms in total. The lowest BCUT2D eigenvalue weighted by atomic mass is 10.2. The SMILES string of the molecule is CCN(C[C@@H](O)C(F)(F)F)C(=O)Nc1ccc(Oc2cccc(C#N)c2F)cn1. The van der Waals surface area contributed by atoms with Gasteiger partial charge in [0.1, 0.15) is 17.6 Å². The zero-order valence-corrected chi connectivity index (χ0v) is 15.1. The maximum absolute atomic E-state index is 14.0. The summed E-state index contributed by atoms with van der Waals surface area (Å²) >= 11 is 0. The number of benzene rings is 1. The Balaban J connectivity index is 2.03. The van der Waals surface area contributed by atoms with Gasteiger partial charge in [-0.3, -0.25) is 5.32 Å². The molecule has 0 saturated carbocycles. The van der Waals surface area contributed by atoms with Gasteiger partial charge in [0.2, 0.25) is 0 Å². The molecule has 0 aliphatic carbocycles. The van der Waals surface area contributed by atoms with Crippen LogP contribution in [-0.4, -0.2) is 46.4 Å². The van der Waals surface area contributed by atoms with Crippen LogP contribution in [0.3, 0.4) is 0 Å². The third-order valence-electron chi connectivity index (χ3n) is 3.72. The summed E-state index contributed by atoms with van der Waals surface area (Å²) in [4.78, 5) is 16.7. The van der Waals surface area contributed by atoms with Gasteiger partial charge in [0.25, 0.3) is 0 Å². The number of anilines is 1. The summed E-state index contributed by atoms with van der Waals surface area (Å²) in [6.45, 7) is 0.452. The summed E-state index contributed by atoms with van der Waals surface area (Å²) in [6.07, 6.45) is -6.35. The number of hydrogen-bond acceptors (Lipinski definition) is 5. The number of aliphatic hydroxyl groups is 1. The smallest absolute Gasteiger partial charge is 0.416 e. The number of likely N-dealkylation sites (N-methyl/N-ethyl adjacent to an activating group) is 1. The lowest BCUT2D eigenvalue weighted by molar-refractivity contribution is -0.206. The minimum atomic E-state index is -4.84. The van der Waals surface area contributed by atoms with Gasteiger partial charge >= 0.3 is 12.2 Å². The van der Waals surface area contributed by atoms with Crippen LogP contribution in [-0.2, 0) is 0 Å². The molecule has 11 heteroatoms. The first kappa shape index (κ1) is 21.9. The average Bonchev–Trinajstić information content (AvgIpc) is 2.68. The minimum absolute atomic E-state index is 0.00791. The number of aromatic nitrogens is 1. The first-order valence-corrected chi connectivity index (χ1v) is 8.29. The Morgan fingerprint density at radius 1 is 1.38 bits per heavy atom. The number of ether oxygens (including phenoxy) is 1. The van der Waals surface area contributed by atoms with Crippen LogP contribution in [0.15, 0.2) is 36.5 Å². The van der Waals surface area contributed by atoms with Crippen molar-refractivity contribution in [1.82, 2.24) is 9.88 Å². The van der Waals surface area contributed by atoms with Gasteiger partial charge in [0, 0.05) is 6.54 Å². The molecule has 1 heterocycles. The highest BCUT2D eigenvalue weighted by Gasteiger charge is 2.39. The Kier molecular flexibility index (Phi) is 6.95. The van der Waals surface area contributed by atoms with E-state index in [2.05, 4.69) is 10.3 Å².